The monoisotopic (exact) mass is 260 g/mol. The summed E-state index contributed by atoms with van der Waals surface area (Å²) in [6.07, 6.45) is 2.24. The summed E-state index contributed by atoms with van der Waals surface area (Å²) in [5.74, 6) is 0.672. The Hall–Kier alpha value is -1.01. The van der Waals surface area contributed by atoms with E-state index in [1.807, 2.05) is 0 Å². The Kier molecular flexibility index (Phi) is 4.29. The van der Waals surface area contributed by atoms with E-state index < -0.39 is 0 Å². The third-order valence-electron chi connectivity index (χ3n) is 3.81. The third kappa shape index (κ3) is 2.70. The fourth-order valence-corrected chi connectivity index (χ4v) is 3.05. The van der Waals surface area contributed by atoms with Crippen molar-refractivity contribution >= 4 is 22.4 Å². The smallest absolute Gasteiger partial charge is 0.0596 e. The number of fused-ring (bicyclic) bond motifs is 1. The normalized spacial score (nSPS) is 14.7. The van der Waals surface area contributed by atoms with Gasteiger partial charge >= 0.3 is 0 Å². The van der Waals surface area contributed by atoms with E-state index in [4.69, 9.17) is 11.6 Å². The lowest BCUT2D eigenvalue weighted by Crippen LogP contribution is -2.01. The zero-order valence-corrected chi connectivity index (χ0v) is 12.2. The first-order valence-corrected chi connectivity index (χ1v) is 7.19. The van der Waals surface area contributed by atoms with E-state index >= 15 is 0 Å². The molecule has 0 aliphatic rings. The van der Waals surface area contributed by atoms with E-state index in [0.717, 1.165) is 6.42 Å². The molecule has 18 heavy (non-hydrogen) atoms. The third-order valence-corrected chi connectivity index (χ3v) is 4.20. The van der Waals surface area contributed by atoms with Crippen molar-refractivity contribution in [2.45, 2.75) is 39.0 Å². The van der Waals surface area contributed by atoms with Gasteiger partial charge in [0.15, 0.2) is 0 Å². The number of hydrogen-bond acceptors (Lipinski definition) is 0. The molecular weight excluding hydrogens is 240 g/mol. The number of benzene rings is 2. The number of rotatable bonds is 4. The van der Waals surface area contributed by atoms with E-state index in [2.05, 4.69) is 57.2 Å². The summed E-state index contributed by atoms with van der Waals surface area (Å²) < 4.78 is 0. The van der Waals surface area contributed by atoms with Crippen molar-refractivity contribution in [2.24, 2.45) is 5.92 Å². The van der Waals surface area contributed by atoms with Crippen LogP contribution in [0.5, 0.6) is 0 Å². The Labute approximate surface area is 115 Å². The molecule has 0 spiro atoms. The molecule has 0 bridgehead atoms. The maximum atomic E-state index is 6.66. The minimum atomic E-state index is 0.117. The van der Waals surface area contributed by atoms with Crippen LogP contribution in [0.15, 0.2) is 36.4 Å². The molecule has 0 amide bonds. The predicted molar refractivity (Wildman–Crippen MR) is 81.4 cm³/mol. The average Bonchev–Trinajstić information content (AvgIpc) is 2.38. The van der Waals surface area contributed by atoms with Gasteiger partial charge in [0.05, 0.1) is 5.38 Å². The van der Waals surface area contributed by atoms with Gasteiger partial charge in [-0.1, -0.05) is 56.7 Å². The Balaban J connectivity index is 2.45. The van der Waals surface area contributed by atoms with Crippen molar-refractivity contribution in [3.63, 3.8) is 0 Å². The molecule has 2 atom stereocenters. The molecule has 0 heterocycles. The minimum Gasteiger partial charge on any atom is -0.118 e. The zero-order chi connectivity index (χ0) is 13.1. The largest absolute Gasteiger partial charge is 0.118 e. The van der Waals surface area contributed by atoms with E-state index in [1.165, 1.54) is 28.3 Å². The van der Waals surface area contributed by atoms with E-state index in [1.54, 1.807) is 0 Å². The molecule has 96 valence electrons. The highest BCUT2D eigenvalue weighted by Gasteiger charge is 2.16. The van der Waals surface area contributed by atoms with Gasteiger partial charge < -0.3 is 0 Å². The van der Waals surface area contributed by atoms with Gasteiger partial charge in [-0.05, 0) is 41.2 Å². The number of aryl methyl sites for hydroxylation is 1. The van der Waals surface area contributed by atoms with Gasteiger partial charge in [-0.25, -0.2) is 0 Å². The lowest BCUT2D eigenvalue weighted by atomic mass is 9.92. The topological polar surface area (TPSA) is 0 Å². The molecule has 0 radical (unpaired) electrons. The molecule has 2 aromatic rings. The molecular formula is C17H21Cl. The number of halogens is 1. The summed E-state index contributed by atoms with van der Waals surface area (Å²) in [6, 6.07) is 12.9. The summed E-state index contributed by atoms with van der Waals surface area (Å²) in [4.78, 5) is 0. The zero-order valence-electron chi connectivity index (χ0n) is 11.4. The summed E-state index contributed by atoms with van der Waals surface area (Å²) in [6.45, 7) is 6.66. The maximum Gasteiger partial charge on any atom is 0.0596 e. The van der Waals surface area contributed by atoms with E-state index in [9.17, 15) is 0 Å². The molecule has 0 aliphatic carbocycles. The quantitative estimate of drug-likeness (QED) is 0.604. The molecule has 0 saturated heterocycles. The highest BCUT2D eigenvalue weighted by Crippen LogP contribution is 2.36. The SMILES string of the molecule is CCC(C)CC(Cl)c1c(C)ccc2ccccc12. The molecule has 0 saturated carbocycles. The van der Waals surface area contributed by atoms with Crippen molar-refractivity contribution in [1.82, 2.24) is 0 Å². The molecule has 0 aliphatic heterocycles. The second-order valence-corrected chi connectivity index (χ2v) is 5.76. The number of hydrogen-bond donors (Lipinski definition) is 0. The fourth-order valence-electron chi connectivity index (χ4n) is 2.46. The van der Waals surface area contributed by atoms with Crippen LogP contribution in [0.1, 0.15) is 43.2 Å². The maximum absolute atomic E-state index is 6.66. The van der Waals surface area contributed by atoms with Crippen LogP contribution in [0.25, 0.3) is 10.8 Å². The first-order valence-electron chi connectivity index (χ1n) is 6.75. The summed E-state index contributed by atoms with van der Waals surface area (Å²) in [7, 11) is 0. The Morgan fingerprint density at radius 3 is 2.56 bits per heavy atom. The molecule has 2 unspecified atom stereocenters. The van der Waals surface area contributed by atoms with Crippen LogP contribution in [0.2, 0.25) is 0 Å². The van der Waals surface area contributed by atoms with Crippen LogP contribution < -0.4 is 0 Å². The van der Waals surface area contributed by atoms with Crippen LogP contribution in [-0.4, -0.2) is 0 Å². The minimum absolute atomic E-state index is 0.117. The molecule has 0 fully saturated rings. The van der Waals surface area contributed by atoms with Crippen LogP contribution in [0.4, 0.5) is 0 Å². The second kappa shape index (κ2) is 5.75. The highest BCUT2D eigenvalue weighted by molar-refractivity contribution is 6.22. The van der Waals surface area contributed by atoms with Crippen molar-refractivity contribution < 1.29 is 0 Å². The molecule has 0 aromatic heterocycles. The molecule has 2 aromatic carbocycles. The summed E-state index contributed by atoms with van der Waals surface area (Å²) in [5, 5.41) is 2.71. The molecule has 0 nitrogen and oxygen atoms in total. The fraction of sp³-hybridized carbons (Fsp3) is 0.412. The molecule has 0 N–H and O–H groups in total. The van der Waals surface area contributed by atoms with Gasteiger partial charge in [-0.15, -0.1) is 11.6 Å². The summed E-state index contributed by atoms with van der Waals surface area (Å²) in [5.41, 5.74) is 2.62. The Morgan fingerprint density at radius 1 is 1.11 bits per heavy atom. The van der Waals surface area contributed by atoms with Gasteiger partial charge in [-0.3, -0.25) is 0 Å². The van der Waals surface area contributed by atoms with Gasteiger partial charge in [0, 0.05) is 0 Å². The van der Waals surface area contributed by atoms with Crippen LogP contribution in [0.3, 0.4) is 0 Å². The average molecular weight is 261 g/mol. The van der Waals surface area contributed by atoms with Crippen LogP contribution >= 0.6 is 11.6 Å². The van der Waals surface area contributed by atoms with E-state index in [-0.39, 0.29) is 5.38 Å². The second-order valence-electron chi connectivity index (χ2n) is 5.23. The number of alkyl halides is 1. The van der Waals surface area contributed by atoms with Crippen molar-refractivity contribution in [3.05, 3.63) is 47.5 Å². The first kappa shape index (κ1) is 13.4. The Bertz CT molecular complexity index is 530. The van der Waals surface area contributed by atoms with Crippen LogP contribution in [-0.2, 0) is 0 Å². The van der Waals surface area contributed by atoms with Gasteiger partial charge in [-0.2, -0.15) is 0 Å². The predicted octanol–water partition coefficient (Wildman–Crippen LogP) is 5.86. The van der Waals surface area contributed by atoms with Crippen molar-refractivity contribution in [2.75, 3.05) is 0 Å². The molecule has 2 rings (SSSR count). The van der Waals surface area contributed by atoms with E-state index in [0.29, 0.717) is 5.92 Å². The van der Waals surface area contributed by atoms with Gasteiger partial charge in [0.25, 0.3) is 0 Å². The Morgan fingerprint density at radius 2 is 1.83 bits per heavy atom. The summed E-state index contributed by atoms with van der Waals surface area (Å²) >= 11 is 6.66. The van der Waals surface area contributed by atoms with Crippen molar-refractivity contribution in [3.8, 4) is 0 Å². The van der Waals surface area contributed by atoms with Crippen molar-refractivity contribution in [1.29, 1.82) is 0 Å². The van der Waals surface area contributed by atoms with Crippen LogP contribution in [0, 0.1) is 12.8 Å². The lowest BCUT2D eigenvalue weighted by molar-refractivity contribution is 0.508. The first-order chi connectivity index (χ1) is 8.63. The highest BCUT2D eigenvalue weighted by atomic mass is 35.5. The standard InChI is InChI=1S/C17H21Cl/c1-4-12(2)11-16(18)17-13(3)9-10-14-7-5-6-8-15(14)17/h5-10,12,16H,4,11H2,1-3H3. The van der Waals surface area contributed by atoms with Gasteiger partial charge in [0.2, 0.25) is 0 Å². The van der Waals surface area contributed by atoms with Gasteiger partial charge in [0.1, 0.15) is 0 Å². The lowest BCUT2D eigenvalue weighted by Gasteiger charge is -2.18. The molecule has 1 heteroatoms.